The standard InChI is InChI=1S/C6H10ClF2NO/c7-2-1-3-10-4-6(8,9)5-11/h1-2,10-11H,3-5H2/b2-1+. The van der Waals surface area contributed by atoms with E-state index in [0.29, 0.717) is 0 Å². The highest BCUT2D eigenvalue weighted by Crippen LogP contribution is 2.09. The molecule has 0 aliphatic carbocycles. The minimum absolute atomic E-state index is 0.277. The SMILES string of the molecule is OCC(F)(F)CNC/C=C/Cl. The number of halogens is 3. The Labute approximate surface area is 68.9 Å². The highest BCUT2D eigenvalue weighted by molar-refractivity contribution is 6.25. The molecule has 2 nitrogen and oxygen atoms in total. The smallest absolute Gasteiger partial charge is 0.282 e. The molecule has 0 heterocycles. The summed E-state index contributed by atoms with van der Waals surface area (Å²) in [4.78, 5) is 0. The highest BCUT2D eigenvalue weighted by atomic mass is 35.5. The molecule has 0 aromatic rings. The van der Waals surface area contributed by atoms with Crippen molar-refractivity contribution in [1.29, 1.82) is 0 Å². The van der Waals surface area contributed by atoms with Gasteiger partial charge in [0.15, 0.2) is 0 Å². The Bertz CT molecular complexity index is 130. The molecule has 2 N–H and O–H groups in total. The molecule has 0 bridgehead atoms. The maximum Gasteiger partial charge on any atom is 0.282 e. The van der Waals surface area contributed by atoms with Gasteiger partial charge in [0, 0.05) is 12.1 Å². The zero-order chi connectivity index (χ0) is 8.74. The summed E-state index contributed by atoms with van der Waals surface area (Å²) in [5.74, 6) is -3.04. The van der Waals surface area contributed by atoms with Gasteiger partial charge in [-0.25, -0.2) is 8.78 Å². The molecule has 0 saturated heterocycles. The van der Waals surface area contributed by atoms with Crippen LogP contribution in [0.15, 0.2) is 11.6 Å². The Hall–Kier alpha value is -0.190. The normalized spacial score (nSPS) is 12.7. The van der Waals surface area contributed by atoms with Crippen LogP contribution in [0.4, 0.5) is 8.78 Å². The van der Waals surface area contributed by atoms with Crippen LogP contribution in [0.2, 0.25) is 0 Å². The van der Waals surface area contributed by atoms with Crippen molar-refractivity contribution in [2.45, 2.75) is 5.92 Å². The number of aliphatic hydroxyl groups excluding tert-OH is 1. The summed E-state index contributed by atoms with van der Waals surface area (Å²) in [5.41, 5.74) is 1.24. The van der Waals surface area contributed by atoms with Crippen molar-refractivity contribution in [3.05, 3.63) is 11.6 Å². The lowest BCUT2D eigenvalue weighted by Gasteiger charge is -2.12. The predicted octanol–water partition coefficient (Wildman–Crippen LogP) is 0.956. The van der Waals surface area contributed by atoms with Crippen molar-refractivity contribution >= 4 is 11.6 Å². The minimum atomic E-state index is -3.04. The first-order valence-electron chi connectivity index (χ1n) is 3.07. The molecule has 0 unspecified atom stereocenters. The molecular formula is C6H10ClF2NO. The topological polar surface area (TPSA) is 32.3 Å². The molecule has 0 saturated carbocycles. The second-order valence-corrected chi connectivity index (χ2v) is 2.26. The van der Waals surface area contributed by atoms with E-state index in [9.17, 15) is 8.78 Å². The van der Waals surface area contributed by atoms with Gasteiger partial charge in [-0.15, -0.1) is 0 Å². The van der Waals surface area contributed by atoms with Gasteiger partial charge in [0.05, 0.1) is 6.54 Å². The van der Waals surface area contributed by atoms with Crippen LogP contribution in [0.25, 0.3) is 0 Å². The molecule has 0 aliphatic rings. The quantitative estimate of drug-likeness (QED) is 0.626. The van der Waals surface area contributed by atoms with Gasteiger partial charge in [-0.05, 0) is 0 Å². The summed E-state index contributed by atoms with van der Waals surface area (Å²) in [5, 5.41) is 10.5. The van der Waals surface area contributed by atoms with E-state index in [2.05, 4.69) is 5.32 Å². The predicted molar refractivity (Wildman–Crippen MR) is 39.9 cm³/mol. The minimum Gasteiger partial charge on any atom is -0.390 e. The molecular weight excluding hydrogens is 176 g/mol. The van der Waals surface area contributed by atoms with E-state index < -0.39 is 19.1 Å². The van der Waals surface area contributed by atoms with Crippen LogP contribution < -0.4 is 5.32 Å². The number of aliphatic hydroxyl groups is 1. The second-order valence-electron chi connectivity index (χ2n) is 2.01. The van der Waals surface area contributed by atoms with Crippen molar-refractivity contribution < 1.29 is 13.9 Å². The molecule has 0 radical (unpaired) electrons. The third kappa shape index (κ3) is 6.22. The van der Waals surface area contributed by atoms with Gasteiger partial charge in [0.25, 0.3) is 5.92 Å². The Morgan fingerprint density at radius 2 is 2.18 bits per heavy atom. The molecule has 0 aromatic carbocycles. The van der Waals surface area contributed by atoms with Crippen LogP contribution in [-0.2, 0) is 0 Å². The van der Waals surface area contributed by atoms with E-state index in [-0.39, 0.29) is 6.54 Å². The van der Waals surface area contributed by atoms with Crippen molar-refractivity contribution in [3.8, 4) is 0 Å². The molecule has 0 aromatic heterocycles. The summed E-state index contributed by atoms with van der Waals surface area (Å²) in [6.45, 7) is -1.39. The Morgan fingerprint density at radius 1 is 1.55 bits per heavy atom. The number of hydrogen-bond donors (Lipinski definition) is 2. The molecule has 0 fully saturated rings. The fourth-order valence-electron chi connectivity index (χ4n) is 0.439. The summed E-state index contributed by atoms with van der Waals surface area (Å²) in [6, 6.07) is 0. The average Bonchev–Trinajstić information content (AvgIpc) is 1.99. The van der Waals surface area contributed by atoms with Crippen LogP contribution in [0.1, 0.15) is 0 Å². The van der Waals surface area contributed by atoms with Gasteiger partial charge < -0.3 is 10.4 Å². The Balaban J connectivity index is 3.37. The fourth-order valence-corrected chi connectivity index (χ4v) is 0.528. The zero-order valence-corrected chi connectivity index (χ0v) is 6.61. The second kappa shape index (κ2) is 5.46. The zero-order valence-electron chi connectivity index (χ0n) is 5.86. The monoisotopic (exact) mass is 185 g/mol. The number of nitrogens with one attached hydrogen (secondary N) is 1. The number of hydrogen-bond acceptors (Lipinski definition) is 2. The molecule has 11 heavy (non-hydrogen) atoms. The van der Waals surface area contributed by atoms with Crippen LogP contribution in [0.3, 0.4) is 0 Å². The molecule has 5 heteroatoms. The summed E-state index contributed by atoms with van der Waals surface area (Å²) in [6.07, 6.45) is 1.50. The average molecular weight is 186 g/mol. The van der Waals surface area contributed by atoms with Gasteiger partial charge >= 0.3 is 0 Å². The maximum atomic E-state index is 12.2. The van der Waals surface area contributed by atoms with E-state index >= 15 is 0 Å². The summed E-state index contributed by atoms with van der Waals surface area (Å²) >= 11 is 5.13. The van der Waals surface area contributed by atoms with Gasteiger partial charge in [-0.1, -0.05) is 17.7 Å². The van der Waals surface area contributed by atoms with Crippen LogP contribution >= 0.6 is 11.6 Å². The first-order valence-corrected chi connectivity index (χ1v) is 3.50. The molecule has 0 aliphatic heterocycles. The molecule has 0 atom stereocenters. The van der Waals surface area contributed by atoms with E-state index in [1.165, 1.54) is 11.6 Å². The van der Waals surface area contributed by atoms with E-state index in [1.807, 2.05) is 0 Å². The van der Waals surface area contributed by atoms with E-state index in [4.69, 9.17) is 16.7 Å². The third-order valence-electron chi connectivity index (χ3n) is 0.966. The Morgan fingerprint density at radius 3 is 2.64 bits per heavy atom. The molecule has 0 amide bonds. The fraction of sp³-hybridized carbons (Fsp3) is 0.667. The third-order valence-corrected chi connectivity index (χ3v) is 1.14. The van der Waals surface area contributed by atoms with Crippen LogP contribution in [0.5, 0.6) is 0 Å². The van der Waals surface area contributed by atoms with Crippen molar-refractivity contribution in [2.75, 3.05) is 19.7 Å². The van der Waals surface area contributed by atoms with Gasteiger partial charge in [0.2, 0.25) is 0 Å². The van der Waals surface area contributed by atoms with Crippen LogP contribution in [-0.4, -0.2) is 30.7 Å². The number of rotatable bonds is 5. The maximum absolute atomic E-state index is 12.2. The van der Waals surface area contributed by atoms with Crippen LogP contribution in [0, 0.1) is 0 Å². The van der Waals surface area contributed by atoms with Crippen molar-refractivity contribution in [3.63, 3.8) is 0 Å². The summed E-state index contributed by atoms with van der Waals surface area (Å²) in [7, 11) is 0. The van der Waals surface area contributed by atoms with Crippen molar-refractivity contribution in [2.24, 2.45) is 0 Å². The first-order chi connectivity index (χ1) is 5.12. The molecule has 0 rings (SSSR count). The number of alkyl halides is 2. The molecule has 0 spiro atoms. The lowest BCUT2D eigenvalue weighted by Crippen LogP contribution is -2.35. The molecule has 66 valence electrons. The lowest BCUT2D eigenvalue weighted by molar-refractivity contribution is -0.0468. The largest absolute Gasteiger partial charge is 0.390 e. The Kier molecular flexibility index (Phi) is 5.36. The van der Waals surface area contributed by atoms with Crippen molar-refractivity contribution in [1.82, 2.24) is 5.32 Å². The first kappa shape index (κ1) is 10.8. The van der Waals surface area contributed by atoms with Gasteiger partial charge in [-0.2, -0.15) is 0 Å². The van der Waals surface area contributed by atoms with Gasteiger partial charge in [0.1, 0.15) is 6.61 Å². The van der Waals surface area contributed by atoms with E-state index in [0.717, 1.165) is 0 Å². The summed E-state index contributed by atoms with van der Waals surface area (Å²) < 4.78 is 24.4. The highest BCUT2D eigenvalue weighted by Gasteiger charge is 2.26. The van der Waals surface area contributed by atoms with E-state index in [1.54, 1.807) is 0 Å². The van der Waals surface area contributed by atoms with Gasteiger partial charge in [-0.3, -0.25) is 0 Å². The lowest BCUT2D eigenvalue weighted by atomic mass is 10.3.